The summed E-state index contributed by atoms with van der Waals surface area (Å²) in [6, 6.07) is 15.9. The second-order valence-corrected chi connectivity index (χ2v) is 20.9. The lowest BCUT2D eigenvalue weighted by Gasteiger charge is -2.36. The SMILES string of the molecule is CCCC(N[S+]([O-])C(C)(C)C)c1cccc(-c2cc(OCCOC)c3cnn(-c4cccc(CO[Si](C)(C)C(C)(C)C)n4)c3c2)n1. The van der Waals surface area contributed by atoms with Gasteiger partial charge in [0.1, 0.15) is 17.1 Å². The van der Waals surface area contributed by atoms with E-state index in [0.29, 0.717) is 31.4 Å². The molecule has 0 aliphatic carbocycles. The van der Waals surface area contributed by atoms with Gasteiger partial charge in [0.25, 0.3) is 0 Å². The van der Waals surface area contributed by atoms with Crippen LogP contribution in [0.1, 0.15) is 78.7 Å². The van der Waals surface area contributed by atoms with Crippen molar-refractivity contribution >= 4 is 30.6 Å². The normalized spacial score (nSPS) is 14.1. The van der Waals surface area contributed by atoms with Gasteiger partial charge in [-0.15, -0.1) is 4.72 Å². The van der Waals surface area contributed by atoms with Gasteiger partial charge in [-0.05, 0) is 81.7 Å². The van der Waals surface area contributed by atoms with Crippen LogP contribution in [0.2, 0.25) is 18.1 Å². The smallest absolute Gasteiger partial charge is 0.192 e. The van der Waals surface area contributed by atoms with Crippen LogP contribution in [-0.2, 0) is 27.1 Å². The van der Waals surface area contributed by atoms with E-state index in [9.17, 15) is 4.55 Å². The fraction of sp³-hybridized carbons (Fsp3) is 0.514. The fourth-order valence-electron chi connectivity index (χ4n) is 4.58. The molecule has 1 N–H and O–H groups in total. The van der Waals surface area contributed by atoms with Gasteiger partial charge in [0.2, 0.25) is 0 Å². The summed E-state index contributed by atoms with van der Waals surface area (Å²) < 4.78 is 35.7. The molecule has 9 nitrogen and oxygen atoms in total. The van der Waals surface area contributed by atoms with Gasteiger partial charge in [-0.25, -0.2) is 9.67 Å². The minimum atomic E-state index is -1.94. The molecule has 3 heterocycles. The third-order valence-corrected chi connectivity index (χ3v) is 14.5. The Balaban J connectivity index is 1.75. The molecule has 4 rings (SSSR count). The van der Waals surface area contributed by atoms with Crippen LogP contribution >= 0.6 is 0 Å². The molecule has 0 saturated carbocycles. The number of hydrogen-bond acceptors (Lipinski definition) is 8. The van der Waals surface area contributed by atoms with E-state index in [-0.39, 0.29) is 15.8 Å². The van der Waals surface area contributed by atoms with Crippen molar-refractivity contribution in [2.75, 3.05) is 20.3 Å². The van der Waals surface area contributed by atoms with Crippen molar-refractivity contribution in [3.63, 3.8) is 0 Å². The van der Waals surface area contributed by atoms with Crippen molar-refractivity contribution in [2.24, 2.45) is 0 Å². The van der Waals surface area contributed by atoms with Crippen LogP contribution < -0.4 is 9.46 Å². The number of benzene rings is 1. The quantitative estimate of drug-likeness (QED) is 0.0823. The summed E-state index contributed by atoms with van der Waals surface area (Å²) in [4.78, 5) is 10.0. The largest absolute Gasteiger partial charge is 0.598 e. The van der Waals surface area contributed by atoms with E-state index in [2.05, 4.69) is 51.6 Å². The van der Waals surface area contributed by atoms with Gasteiger partial charge in [0.15, 0.2) is 14.1 Å². The Labute approximate surface area is 278 Å². The molecule has 0 amide bonds. The Kier molecular flexibility index (Phi) is 11.7. The highest BCUT2D eigenvalue weighted by atomic mass is 32.2. The summed E-state index contributed by atoms with van der Waals surface area (Å²) in [5, 5.41) is 5.73. The van der Waals surface area contributed by atoms with E-state index in [1.807, 2.05) is 74.1 Å². The van der Waals surface area contributed by atoms with Crippen molar-refractivity contribution in [3.8, 4) is 22.8 Å². The first-order valence-corrected chi connectivity index (χ1v) is 20.1. The number of hydrogen-bond donors (Lipinski definition) is 1. The van der Waals surface area contributed by atoms with Crippen molar-refractivity contribution in [3.05, 3.63) is 66.1 Å². The number of pyridine rings is 2. The zero-order valence-corrected chi connectivity index (χ0v) is 31.0. The fourth-order valence-corrected chi connectivity index (χ4v) is 6.38. The molecule has 0 aliphatic rings. The van der Waals surface area contributed by atoms with Gasteiger partial charge in [-0.1, -0.05) is 46.2 Å². The molecule has 4 aromatic rings. The zero-order valence-electron chi connectivity index (χ0n) is 29.1. The predicted octanol–water partition coefficient (Wildman–Crippen LogP) is 7.92. The summed E-state index contributed by atoms with van der Waals surface area (Å²) >= 11 is -1.23. The van der Waals surface area contributed by atoms with E-state index in [0.717, 1.165) is 46.4 Å². The number of aromatic nitrogens is 4. The van der Waals surface area contributed by atoms with Crippen molar-refractivity contribution in [2.45, 2.75) is 96.8 Å². The number of rotatable bonds is 14. The first kappa shape index (κ1) is 36.0. The molecule has 46 heavy (non-hydrogen) atoms. The summed E-state index contributed by atoms with van der Waals surface area (Å²) in [7, 11) is -0.282. The van der Waals surface area contributed by atoms with Crippen LogP contribution in [0.25, 0.3) is 28.0 Å². The third kappa shape index (κ3) is 8.75. The van der Waals surface area contributed by atoms with Gasteiger partial charge < -0.3 is 18.5 Å². The number of nitrogens with zero attached hydrogens (tertiary/aromatic N) is 4. The monoisotopic (exact) mass is 665 g/mol. The minimum absolute atomic E-state index is 0.111. The van der Waals surface area contributed by atoms with Crippen molar-refractivity contribution in [1.82, 2.24) is 24.5 Å². The molecule has 0 fully saturated rings. The van der Waals surface area contributed by atoms with Crippen LogP contribution in [0, 0.1) is 0 Å². The maximum Gasteiger partial charge on any atom is 0.192 e. The Morgan fingerprint density at radius 2 is 1.74 bits per heavy atom. The molecule has 0 radical (unpaired) electrons. The van der Waals surface area contributed by atoms with Gasteiger partial charge in [-0.2, -0.15) is 5.10 Å². The number of methoxy groups -OCH3 is 1. The van der Waals surface area contributed by atoms with E-state index in [4.69, 9.17) is 29.0 Å². The highest BCUT2D eigenvalue weighted by Crippen LogP contribution is 2.37. The maximum absolute atomic E-state index is 13.0. The van der Waals surface area contributed by atoms with E-state index < -0.39 is 19.7 Å². The third-order valence-electron chi connectivity index (χ3n) is 8.40. The minimum Gasteiger partial charge on any atom is -0.598 e. The van der Waals surface area contributed by atoms with Crippen LogP contribution in [0.3, 0.4) is 0 Å². The Morgan fingerprint density at radius 1 is 1.00 bits per heavy atom. The lowest BCUT2D eigenvalue weighted by Crippen LogP contribution is -2.41. The van der Waals surface area contributed by atoms with Gasteiger partial charge in [0, 0.05) is 24.0 Å². The Hall–Kier alpha value is -2.80. The molecule has 1 aromatic carbocycles. The predicted molar refractivity (Wildman–Crippen MR) is 190 cm³/mol. The van der Waals surface area contributed by atoms with Crippen LogP contribution in [0.5, 0.6) is 5.75 Å². The van der Waals surface area contributed by atoms with E-state index >= 15 is 0 Å². The highest BCUT2D eigenvalue weighted by Gasteiger charge is 2.37. The molecule has 0 spiro atoms. The molecule has 0 saturated heterocycles. The molecule has 0 bridgehead atoms. The average Bonchev–Trinajstić information content (AvgIpc) is 3.43. The zero-order chi connectivity index (χ0) is 33.7. The molecule has 250 valence electrons. The number of nitrogens with one attached hydrogen (secondary N) is 1. The van der Waals surface area contributed by atoms with E-state index in [1.54, 1.807) is 7.11 Å². The first-order chi connectivity index (χ1) is 21.6. The van der Waals surface area contributed by atoms with Gasteiger partial charge in [0.05, 0.1) is 53.4 Å². The Bertz CT molecular complexity index is 1600. The molecule has 2 unspecified atom stereocenters. The van der Waals surface area contributed by atoms with Crippen LogP contribution in [0.4, 0.5) is 0 Å². The first-order valence-electron chi connectivity index (χ1n) is 16.0. The summed E-state index contributed by atoms with van der Waals surface area (Å²) in [6.07, 6.45) is 3.56. The van der Waals surface area contributed by atoms with Crippen LogP contribution in [0.15, 0.2) is 54.7 Å². The molecular weight excluding hydrogens is 615 g/mol. The van der Waals surface area contributed by atoms with Gasteiger partial charge in [-0.3, -0.25) is 4.98 Å². The lowest BCUT2D eigenvalue weighted by atomic mass is 10.1. The summed E-state index contributed by atoms with van der Waals surface area (Å²) in [6.45, 7) is 20.5. The van der Waals surface area contributed by atoms with Crippen molar-refractivity contribution < 1.29 is 18.5 Å². The highest BCUT2D eigenvalue weighted by molar-refractivity contribution is 7.90. The molecule has 2 atom stereocenters. The number of fused-ring (bicyclic) bond motifs is 1. The lowest BCUT2D eigenvalue weighted by molar-refractivity contribution is 0.147. The molecular formula is C35H51N5O4SSi. The second-order valence-electron chi connectivity index (χ2n) is 14.1. The summed E-state index contributed by atoms with van der Waals surface area (Å²) in [5.74, 6) is 1.39. The van der Waals surface area contributed by atoms with Crippen molar-refractivity contribution in [1.29, 1.82) is 0 Å². The van der Waals surface area contributed by atoms with Crippen LogP contribution in [-0.4, -0.2) is 57.7 Å². The second kappa shape index (κ2) is 15.0. The maximum atomic E-state index is 13.0. The molecule has 3 aromatic heterocycles. The number of ether oxygens (including phenoxy) is 2. The average molecular weight is 666 g/mol. The van der Waals surface area contributed by atoms with Gasteiger partial charge >= 0.3 is 0 Å². The molecule has 0 aliphatic heterocycles. The van der Waals surface area contributed by atoms with E-state index in [1.165, 1.54) is 0 Å². The molecule has 11 heteroatoms. The topological polar surface area (TPSA) is 106 Å². The summed E-state index contributed by atoms with van der Waals surface area (Å²) in [5.41, 5.74) is 4.23. The Morgan fingerprint density at radius 3 is 2.41 bits per heavy atom. The standard InChI is InChI=1S/C35H51N5O4SSi/c1-11-14-30(39-45(41)34(2,3)4)29-17-13-16-28(38-29)25-21-31-27(32(22-25)43-20-19-42-8)23-36-40(31)33-18-12-15-26(37-33)24-44-46(9,10)35(5,6)7/h12-13,15-18,21-23,30,39H,11,14,19-20,24H2,1-10H3.